The summed E-state index contributed by atoms with van der Waals surface area (Å²) in [7, 11) is -5.37. The number of carbonyl (C=O) groups is 1. The van der Waals surface area contributed by atoms with Crippen molar-refractivity contribution in [2.45, 2.75) is 4.90 Å². The smallest absolute Gasteiger partial charge is 0.272 e. The van der Waals surface area contributed by atoms with Crippen LogP contribution >= 0.6 is 0 Å². The Morgan fingerprint density at radius 3 is 1.85 bits per heavy atom. The van der Waals surface area contributed by atoms with E-state index >= 15 is 0 Å². The third-order valence-corrected chi connectivity index (χ3v) is 5.37. The zero-order valence-electron chi connectivity index (χ0n) is 20.3. The fourth-order valence-corrected chi connectivity index (χ4v) is 3.30. The van der Waals surface area contributed by atoms with Crippen molar-refractivity contribution in [2.75, 3.05) is 13.1 Å². The van der Waals surface area contributed by atoms with Gasteiger partial charge in [0.1, 0.15) is 23.2 Å². The van der Waals surface area contributed by atoms with E-state index in [1.165, 1.54) is 24.3 Å². The molecule has 15 nitrogen and oxygen atoms in total. The lowest BCUT2D eigenvalue weighted by atomic mass is 10.1. The molecule has 0 atom stereocenters. The number of aliphatic hydroxyl groups excluding tert-OH is 1. The Bertz CT molecular complexity index is 1430. The number of ketones is 1. The molecule has 0 saturated heterocycles. The second-order valence-corrected chi connectivity index (χ2v) is 8.52. The highest BCUT2D eigenvalue weighted by Gasteiger charge is 2.20. The van der Waals surface area contributed by atoms with Crippen molar-refractivity contribution in [3.63, 3.8) is 0 Å². The van der Waals surface area contributed by atoms with Gasteiger partial charge in [0, 0.05) is 23.3 Å². The maximum atomic E-state index is 13.0. The maximum Gasteiger partial charge on any atom is 0.272 e. The molecule has 0 fully saturated rings. The van der Waals surface area contributed by atoms with Gasteiger partial charge in [-0.05, 0) is 0 Å². The van der Waals surface area contributed by atoms with Crippen LogP contribution in [0.1, 0.15) is 15.9 Å². The predicted octanol–water partition coefficient (Wildman–Crippen LogP) is -0.713. The van der Waals surface area contributed by atoms with Gasteiger partial charge in [-0.15, -0.1) is 5.11 Å². The van der Waals surface area contributed by atoms with Crippen LogP contribution in [0.25, 0.3) is 5.76 Å². The van der Waals surface area contributed by atoms with Gasteiger partial charge in [-0.25, -0.2) is 8.42 Å². The second kappa shape index (κ2) is 15.6. The van der Waals surface area contributed by atoms with Crippen molar-refractivity contribution >= 4 is 33.0 Å². The summed E-state index contributed by atoms with van der Waals surface area (Å²) in [5, 5.41) is 41.2. The van der Waals surface area contributed by atoms with Gasteiger partial charge in [0.25, 0.3) is 5.69 Å². The molecule has 3 aromatic rings. The van der Waals surface area contributed by atoms with E-state index in [9.17, 15) is 38.1 Å². The minimum atomic E-state index is -5.37. The van der Waals surface area contributed by atoms with Gasteiger partial charge in [0.05, 0.1) is 15.5 Å². The highest BCUT2D eigenvalue weighted by atomic mass is 32.2. The fourth-order valence-electron chi connectivity index (χ4n) is 2.70. The Morgan fingerprint density at radius 2 is 1.41 bits per heavy atom. The van der Waals surface area contributed by atoms with E-state index in [0.29, 0.717) is 12.1 Å². The lowest BCUT2D eigenvalue weighted by molar-refractivity contribution is -0.453. The number of nitro benzene ring substituents is 1. The van der Waals surface area contributed by atoms with Crippen molar-refractivity contribution in [1.29, 1.82) is 0 Å². The number of Topliss-reactive ketones (excluding diaryl/α,β-unsaturated/α-hetero) is 1. The van der Waals surface area contributed by atoms with Gasteiger partial charge < -0.3 is 37.2 Å². The molecule has 210 valence electrons. The van der Waals surface area contributed by atoms with Gasteiger partial charge in [0.15, 0.2) is 11.5 Å². The van der Waals surface area contributed by atoms with Gasteiger partial charge in [-0.1, -0.05) is 66.4 Å². The summed E-state index contributed by atoms with van der Waals surface area (Å²) < 4.78 is 34.1. The molecule has 11 N–H and O–H groups in total. The Balaban J connectivity index is 0.00000225. The van der Waals surface area contributed by atoms with Crippen LogP contribution in [0.5, 0.6) is 5.75 Å². The monoisotopic (exact) mass is 565 g/mol. The van der Waals surface area contributed by atoms with Crippen LogP contribution in [0.15, 0.2) is 93.6 Å². The number of nitrogens with zero attached hydrogens (tertiary/aromatic N) is 3. The number of allylic oxidation sites excluding steroid dienone is 1. The van der Waals surface area contributed by atoms with Crippen LogP contribution in [0, 0.1) is 10.1 Å². The number of aliphatic hydroxyl groups is 1. The number of nitro groups is 1. The minimum Gasteiger partial charge on any atom is -0.870 e. The van der Waals surface area contributed by atoms with E-state index < -0.39 is 54.3 Å². The molecule has 0 aromatic heterocycles. The second-order valence-electron chi connectivity index (χ2n) is 7.17. The van der Waals surface area contributed by atoms with Crippen LogP contribution < -0.4 is 16.6 Å². The number of carbonyl (C=O) groups excluding carboxylic acids is 1. The molecule has 0 aliphatic rings. The Labute approximate surface area is 222 Å². The molecule has 3 rings (SSSR count). The molecule has 16 heteroatoms. The molecule has 0 amide bonds. The molecule has 0 aliphatic heterocycles. The molecule has 3 aromatic carbocycles. The molecule has 0 aliphatic carbocycles. The van der Waals surface area contributed by atoms with E-state index in [0.717, 1.165) is 13.1 Å². The quantitative estimate of drug-likeness (QED) is 0.0594. The van der Waals surface area contributed by atoms with Gasteiger partial charge in [-0.2, -0.15) is 5.11 Å². The average Bonchev–Trinajstić information content (AvgIpc) is 2.89. The summed E-state index contributed by atoms with van der Waals surface area (Å²) in [6, 6.07) is 16.3. The number of quaternary nitrogens is 2. The van der Waals surface area contributed by atoms with Crippen molar-refractivity contribution < 1.29 is 55.3 Å². The van der Waals surface area contributed by atoms with Crippen LogP contribution in [0.4, 0.5) is 11.4 Å². The van der Waals surface area contributed by atoms with E-state index in [1.807, 2.05) is 0 Å². The predicted molar refractivity (Wildman–Crippen MR) is 135 cm³/mol. The molecule has 0 radical (unpaired) electrons. The molecule has 39 heavy (non-hydrogen) atoms. The number of hydrogen-bond donors (Lipinski definition) is 3. The lowest BCUT2D eigenvalue weighted by Crippen LogP contribution is -2.64. The van der Waals surface area contributed by atoms with Crippen molar-refractivity contribution in [2.24, 2.45) is 10.2 Å². The topological polar surface area (TPSA) is 304 Å². The van der Waals surface area contributed by atoms with Crippen LogP contribution in [-0.2, 0) is 10.1 Å². The van der Waals surface area contributed by atoms with E-state index in [4.69, 9.17) is 0 Å². The minimum absolute atomic E-state index is 0. The summed E-state index contributed by atoms with van der Waals surface area (Å²) in [6.07, 6.45) is 0. The first-order valence-electron chi connectivity index (χ1n) is 10.5. The molecule has 0 saturated carbocycles. The molecule has 0 spiro atoms. The molecular formula is C23H27N5O10S. The zero-order valence-corrected chi connectivity index (χ0v) is 21.1. The van der Waals surface area contributed by atoms with Crippen molar-refractivity contribution in [3.05, 3.63) is 99.7 Å². The number of rotatable bonds is 8. The number of non-ortho nitro benzene ring substituents is 1. The first-order valence-corrected chi connectivity index (χ1v) is 12.0. The largest absolute Gasteiger partial charge is 0.870 e. The standard InChI is InChI=1S/C21H15N3O8S.C2H8N2.2H2O/c25-19(13-7-3-1-4-8-13)18(20(26)14-9-5-2-6-10-14)23-22-16-11-15(24(28)29)12-17(21(16)27)33(30,31)32;3-1-2-4;;/h1-12,25,27H,(H,30,31,32);1-4H2;2*1H2/b19-18+,23-22?;;;. The summed E-state index contributed by atoms with van der Waals surface area (Å²) >= 11 is 0. The SMILES string of the molecule is O.O.O=C(/C(N=Nc1cc([N+](=O)[O-])cc(S(=O)(=O)[O-])c1[O-])=C(\O)c1ccccc1)c1ccccc1.[NH3+]CC[NH3+]. The Hall–Kier alpha value is -4.58. The summed E-state index contributed by atoms with van der Waals surface area (Å²) in [4.78, 5) is 21.6. The molecule has 0 heterocycles. The van der Waals surface area contributed by atoms with E-state index in [-0.39, 0.29) is 22.1 Å². The van der Waals surface area contributed by atoms with Crippen molar-refractivity contribution in [1.82, 2.24) is 0 Å². The zero-order chi connectivity index (χ0) is 27.6. The molecule has 0 unspecified atom stereocenters. The maximum absolute atomic E-state index is 13.0. The lowest BCUT2D eigenvalue weighted by Gasteiger charge is -2.17. The normalized spacial score (nSPS) is 11.3. The van der Waals surface area contributed by atoms with Crippen molar-refractivity contribution in [3.8, 4) is 5.75 Å². The molecule has 0 bridgehead atoms. The fraction of sp³-hybridized carbons (Fsp3) is 0.0870. The number of benzene rings is 3. The van der Waals surface area contributed by atoms with Gasteiger partial charge in [0.2, 0.25) is 5.78 Å². The average molecular weight is 566 g/mol. The van der Waals surface area contributed by atoms with Crippen LogP contribution in [0.2, 0.25) is 0 Å². The number of azo groups is 1. The first kappa shape index (κ1) is 34.4. The summed E-state index contributed by atoms with van der Waals surface area (Å²) in [6.45, 7) is 1.92. The van der Waals surface area contributed by atoms with E-state index in [2.05, 4.69) is 21.7 Å². The number of hydrogen-bond acceptors (Lipinski definition) is 10. The Kier molecular flexibility index (Phi) is 13.8. The van der Waals surface area contributed by atoms with Gasteiger partial charge in [-0.3, -0.25) is 14.9 Å². The highest BCUT2D eigenvalue weighted by molar-refractivity contribution is 7.85. The van der Waals surface area contributed by atoms with Crippen LogP contribution in [-0.4, -0.2) is 52.8 Å². The third-order valence-electron chi connectivity index (χ3n) is 4.53. The van der Waals surface area contributed by atoms with E-state index in [1.54, 1.807) is 36.4 Å². The van der Waals surface area contributed by atoms with Gasteiger partial charge >= 0.3 is 0 Å². The molecular weight excluding hydrogens is 538 g/mol. The third kappa shape index (κ3) is 9.34. The highest BCUT2D eigenvalue weighted by Crippen LogP contribution is 2.36. The summed E-state index contributed by atoms with van der Waals surface area (Å²) in [5.74, 6) is -2.84. The first-order chi connectivity index (χ1) is 17.5. The Morgan fingerprint density at radius 1 is 0.923 bits per heavy atom. The van der Waals surface area contributed by atoms with Crippen LogP contribution in [0.3, 0.4) is 0 Å². The summed E-state index contributed by atoms with van der Waals surface area (Å²) in [5.41, 5.74) is 4.98.